The van der Waals surface area contributed by atoms with Crippen LogP contribution in [0.3, 0.4) is 0 Å². The Labute approximate surface area is 209 Å². The number of fused-ring (bicyclic) bond motifs is 1. The number of hydrogen-bond donors (Lipinski definition) is 2. The summed E-state index contributed by atoms with van der Waals surface area (Å²) in [5.74, 6) is 1.74. The van der Waals surface area contributed by atoms with Crippen molar-refractivity contribution in [1.29, 1.82) is 0 Å². The summed E-state index contributed by atoms with van der Waals surface area (Å²) in [5.41, 5.74) is 1.30. The zero-order valence-electron chi connectivity index (χ0n) is 17.5. The summed E-state index contributed by atoms with van der Waals surface area (Å²) >= 11 is 8.06. The van der Waals surface area contributed by atoms with Gasteiger partial charge >= 0.3 is 0 Å². The lowest BCUT2D eigenvalue weighted by molar-refractivity contribution is -0.131. The van der Waals surface area contributed by atoms with Gasteiger partial charge in [0.05, 0.1) is 5.02 Å². The third kappa shape index (κ3) is 6.01. The second kappa shape index (κ2) is 11.3. The Morgan fingerprint density at radius 3 is 3.06 bits per heavy atom. The minimum Gasteiger partial charge on any atom is -0.356 e. The van der Waals surface area contributed by atoms with Crippen LogP contribution in [0, 0.1) is 0 Å². The molecule has 4 heterocycles. The minimum atomic E-state index is 0. The molecule has 1 atom stereocenters. The van der Waals surface area contributed by atoms with Crippen molar-refractivity contribution < 1.29 is 4.79 Å². The number of aromatic nitrogens is 1. The van der Waals surface area contributed by atoms with E-state index in [0.717, 1.165) is 50.8 Å². The van der Waals surface area contributed by atoms with Crippen molar-refractivity contribution in [2.24, 2.45) is 4.99 Å². The SMILES string of the molecule is CN=C(NCCC(=O)N1CCc2sccc2C1)NC1CCN(c2ncccc2Cl)C1.I. The molecule has 7 nitrogen and oxygen atoms in total. The van der Waals surface area contributed by atoms with Crippen LogP contribution in [-0.4, -0.2) is 61.0 Å². The van der Waals surface area contributed by atoms with Gasteiger partial charge in [0, 0.05) is 63.3 Å². The maximum absolute atomic E-state index is 12.6. The number of nitrogens with one attached hydrogen (secondary N) is 2. The van der Waals surface area contributed by atoms with Crippen molar-refractivity contribution in [2.45, 2.75) is 31.8 Å². The first kappa shape index (κ1) is 24.1. The van der Waals surface area contributed by atoms with E-state index in [9.17, 15) is 4.79 Å². The van der Waals surface area contributed by atoms with Crippen LogP contribution in [0.1, 0.15) is 23.3 Å². The molecule has 2 N–H and O–H groups in total. The molecule has 0 radical (unpaired) electrons. The van der Waals surface area contributed by atoms with Crippen LogP contribution in [0.15, 0.2) is 34.8 Å². The topological polar surface area (TPSA) is 72.9 Å². The summed E-state index contributed by atoms with van der Waals surface area (Å²) < 4.78 is 0. The van der Waals surface area contributed by atoms with Crippen LogP contribution in [-0.2, 0) is 17.8 Å². The number of carbonyl (C=O) groups excluding carboxylic acids is 1. The Morgan fingerprint density at radius 2 is 2.26 bits per heavy atom. The molecule has 1 unspecified atom stereocenters. The normalized spacial score (nSPS) is 18.4. The predicted octanol–water partition coefficient (Wildman–Crippen LogP) is 3.13. The predicted molar refractivity (Wildman–Crippen MR) is 138 cm³/mol. The maximum atomic E-state index is 12.6. The number of hydrogen-bond acceptors (Lipinski definition) is 5. The number of guanidine groups is 1. The van der Waals surface area contributed by atoms with E-state index in [1.807, 2.05) is 17.0 Å². The van der Waals surface area contributed by atoms with Crippen molar-refractivity contribution in [1.82, 2.24) is 20.5 Å². The van der Waals surface area contributed by atoms with E-state index in [1.54, 1.807) is 24.6 Å². The molecule has 0 spiro atoms. The van der Waals surface area contributed by atoms with Crippen LogP contribution in [0.5, 0.6) is 0 Å². The molecule has 1 saturated heterocycles. The molecule has 2 aromatic heterocycles. The Morgan fingerprint density at radius 1 is 1.39 bits per heavy atom. The molecule has 4 rings (SSSR count). The van der Waals surface area contributed by atoms with E-state index in [4.69, 9.17) is 11.6 Å². The molecule has 31 heavy (non-hydrogen) atoms. The van der Waals surface area contributed by atoms with Gasteiger partial charge in [0.2, 0.25) is 5.91 Å². The largest absolute Gasteiger partial charge is 0.356 e. The maximum Gasteiger partial charge on any atom is 0.224 e. The van der Waals surface area contributed by atoms with Crippen molar-refractivity contribution in [3.05, 3.63) is 45.2 Å². The van der Waals surface area contributed by atoms with Gasteiger partial charge in [0.15, 0.2) is 5.96 Å². The van der Waals surface area contributed by atoms with E-state index < -0.39 is 0 Å². The molecule has 1 amide bonds. The Kier molecular flexibility index (Phi) is 8.79. The number of aliphatic imine (C=N–C) groups is 1. The highest BCUT2D eigenvalue weighted by atomic mass is 127. The lowest BCUT2D eigenvalue weighted by Gasteiger charge is -2.27. The van der Waals surface area contributed by atoms with Crippen molar-refractivity contribution in [3.8, 4) is 0 Å². The van der Waals surface area contributed by atoms with Gasteiger partial charge in [-0.15, -0.1) is 35.3 Å². The van der Waals surface area contributed by atoms with Gasteiger partial charge in [0.25, 0.3) is 0 Å². The van der Waals surface area contributed by atoms with Gasteiger partial charge in [0.1, 0.15) is 5.82 Å². The molecule has 0 bridgehead atoms. The molecular weight excluding hydrogens is 547 g/mol. The van der Waals surface area contributed by atoms with Crippen LogP contribution in [0.2, 0.25) is 5.02 Å². The first-order chi connectivity index (χ1) is 14.6. The third-order valence-electron chi connectivity index (χ3n) is 5.58. The fourth-order valence-corrected chi connectivity index (χ4v) is 5.11. The molecule has 0 saturated carbocycles. The molecule has 0 aromatic carbocycles. The first-order valence-electron chi connectivity index (χ1n) is 10.3. The average Bonchev–Trinajstić information content (AvgIpc) is 3.42. The number of amides is 1. The number of pyridine rings is 1. The van der Waals surface area contributed by atoms with Gasteiger partial charge < -0.3 is 20.4 Å². The monoisotopic (exact) mass is 574 g/mol. The fraction of sp³-hybridized carbons (Fsp3) is 0.476. The second-order valence-electron chi connectivity index (χ2n) is 7.57. The lowest BCUT2D eigenvalue weighted by Crippen LogP contribution is -2.46. The number of carbonyl (C=O) groups is 1. The van der Waals surface area contributed by atoms with E-state index in [-0.39, 0.29) is 35.9 Å². The van der Waals surface area contributed by atoms with E-state index in [0.29, 0.717) is 18.0 Å². The average molecular weight is 575 g/mol. The van der Waals surface area contributed by atoms with Crippen LogP contribution in [0.25, 0.3) is 0 Å². The number of thiophene rings is 1. The first-order valence-corrected chi connectivity index (χ1v) is 11.6. The molecule has 168 valence electrons. The Hall–Kier alpha value is -1.59. The summed E-state index contributed by atoms with van der Waals surface area (Å²) in [5, 5.41) is 9.52. The van der Waals surface area contributed by atoms with Crippen molar-refractivity contribution >= 4 is 64.6 Å². The highest BCUT2D eigenvalue weighted by Gasteiger charge is 2.26. The lowest BCUT2D eigenvalue weighted by atomic mass is 10.1. The van der Waals surface area contributed by atoms with E-state index >= 15 is 0 Å². The zero-order valence-corrected chi connectivity index (χ0v) is 21.4. The van der Waals surface area contributed by atoms with Crippen LogP contribution in [0.4, 0.5) is 5.82 Å². The number of nitrogens with zero attached hydrogens (tertiary/aromatic N) is 4. The van der Waals surface area contributed by atoms with E-state index in [1.165, 1.54) is 10.4 Å². The highest BCUT2D eigenvalue weighted by molar-refractivity contribution is 14.0. The van der Waals surface area contributed by atoms with Crippen molar-refractivity contribution in [3.63, 3.8) is 0 Å². The molecular formula is C21H28ClIN6OS. The fourth-order valence-electron chi connectivity index (χ4n) is 3.98. The van der Waals surface area contributed by atoms with Gasteiger partial charge in [-0.25, -0.2) is 4.98 Å². The number of anilines is 1. The smallest absolute Gasteiger partial charge is 0.224 e. The highest BCUT2D eigenvalue weighted by Crippen LogP contribution is 2.26. The van der Waals surface area contributed by atoms with E-state index in [2.05, 4.69) is 37.0 Å². The molecule has 0 aliphatic carbocycles. The number of halogens is 2. The molecule has 10 heteroatoms. The van der Waals surface area contributed by atoms with Gasteiger partial charge in [-0.2, -0.15) is 0 Å². The van der Waals surface area contributed by atoms with Gasteiger partial charge in [-0.3, -0.25) is 9.79 Å². The molecule has 2 aromatic rings. The van der Waals surface area contributed by atoms with Gasteiger partial charge in [-0.05, 0) is 42.0 Å². The summed E-state index contributed by atoms with van der Waals surface area (Å²) in [6, 6.07) is 6.09. The second-order valence-corrected chi connectivity index (χ2v) is 8.98. The van der Waals surface area contributed by atoms with Crippen LogP contribution >= 0.6 is 46.9 Å². The molecule has 1 fully saturated rings. The summed E-state index contributed by atoms with van der Waals surface area (Å²) in [7, 11) is 1.75. The summed E-state index contributed by atoms with van der Waals surface area (Å²) in [4.78, 5) is 26.8. The summed E-state index contributed by atoms with van der Waals surface area (Å²) in [6.07, 6.45) is 4.17. The quantitative estimate of drug-likeness (QED) is 0.326. The standard InChI is InChI=1S/C21H27ClN6OS.HI/c1-23-21(26-16-5-10-28(14-16)20-17(22)3-2-8-24-20)25-9-4-19(29)27-11-6-18-15(13-27)7-12-30-18;/h2-3,7-8,12,16H,4-6,9-11,13-14H2,1H3,(H2,23,25,26);1H. The zero-order chi connectivity index (χ0) is 20.9. The minimum absolute atomic E-state index is 0. The molecule has 2 aliphatic heterocycles. The van der Waals surface area contributed by atoms with Crippen LogP contribution < -0.4 is 15.5 Å². The van der Waals surface area contributed by atoms with Gasteiger partial charge in [-0.1, -0.05) is 11.6 Å². The summed E-state index contributed by atoms with van der Waals surface area (Å²) in [6.45, 7) is 3.82. The van der Waals surface area contributed by atoms with Crippen molar-refractivity contribution in [2.75, 3.05) is 38.1 Å². The third-order valence-corrected chi connectivity index (χ3v) is 6.90. The Bertz CT molecular complexity index is 923. The molecule has 2 aliphatic rings. The Balaban J connectivity index is 0.00000272. The number of rotatable bonds is 5.